The van der Waals surface area contributed by atoms with E-state index in [1.54, 1.807) is 58.0 Å². The summed E-state index contributed by atoms with van der Waals surface area (Å²) >= 11 is 3.79. The summed E-state index contributed by atoms with van der Waals surface area (Å²) in [5, 5.41) is 73.5. The maximum Gasteiger partial charge on any atom is 0.336 e. The zero-order valence-electron chi connectivity index (χ0n) is 39.7. The second-order valence-electron chi connectivity index (χ2n) is 17.8. The number of aliphatic carboxylic acids is 6. The van der Waals surface area contributed by atoms with Crippen LogP contribution in [0.5, 0.6) is 0 Å². The third-order valence-corrected chi connectivity index (χ3v) is 10.8. The molecule has 16 N–H and O–H groups in total. The van der Waals surface area contributed by atoms with Crippen LogP contribution in [0.25, 0.3) is 0 Å². The first-order valence-electron chi connectivity index (χ1n) is 22.0. The number of rotatable bonds is 33. The lowest BCUT2D eigenvalue weighted by Gasteiger charge is -2.32. The van der Waals surface area contributed by atoms with Gasteiger partial charge in [-0.25, -0.2) is 24.0 Å². The quantitative estimate of drug-likeness (QED) is 0.0248. The molecule has 7 atom stereocenters. The van der Waals surface area contributed by atoms with E-state index in [1.165, 1.54) is 0 Å². The van der Waals surface area contributed by atoms with Crippen molar-refractivity contribution >= 4 is 89.9 Å². The van der Waals surface area contributed by atoms with E-state index in [-0.39, 0.29) is 31.4 Å². The zero-order valence-corrected chi connectivity index (χ0v) is 40.6. The van der Waals surface area contributed by atoms with Crippen molar-refractivity contribution in [2.75, 3.05) is 12.3 Å². The van der Waals surface area contributed by atoms with Gasteiger partial charge < -0.3 is 78.9 Å². The number of benzene rings is 1. The summed E-state index contributed by atoms with van der Waals surface area (Å²) in [5.41, 5.74) is 4.57. The molecule has 0 radical (unpaired) electrons. The Morgan fingerprint density at radius 1 is 0.569 bits per heavy atom. The fourth-order valence-electron chi connectivity index (χ4n) is 6.40. The summed E-state index contributed by atoms with van der Waals surface area (Å²) in [7, 11) is 0. The van der Waals surface area contributed by atoms with Gasteiger partial charge in [-0.1, -0.05) is 44.2 Å². The molecule has 0 bridgehead atoms. The topological polar surface area (TPSA) is 466 Å². The molecule has 1 aromatic rings. The van der Waals surface area contributed by atoms with Gasteiger partial charge in [-0.2, -0.15) is 12.6 Å². The number of amides is 8. The van der Waals surface area contributed by atoms with Crippen LogP contribution in [0.3, 0.4) is 0 Å². The molecule has 29 heteroatoms. The molecule has 0 saturated carbocycles. The number of nitrogens with one attached hydrogen (secondary N) is 8. The first kappa shape index (κ1) is 62.5. The zero-order chi connectivity index (χ0) is 55.1. The smallest absolute Gasteiger partial charge is 0.336 e. The molecule has 0 heterocycles. The van der Waals surface area contributed by atoms with E-state index < -0.39 is 169 Å². The van der Waals surface area contributed by atoms with Crippen molar-refractivity contribution in [3.63, 3.8) is 0 Å². The molecule has 1 aromatic carbocycles. The van der Waals surface area contributed by atoms with E-state index in [2.05, 4.69) is 39.2 Å². The Morgan fingerprint density at radius 2 is 1.10 bits per heavy atom. The minimum Gasteiger partial charge on any atom is -0.481 e. The predicted octanol–water partition coefficient (Wildman–Crippen LogP) is -2.87. The second-order valence-corrected chi connectivity index (χ2v) is 18.2. The molecule has 0 spiro atoms. The van der Waals surface area contributed by atoms with Crippen LogP contribution < -0.4 is 48.3 Å². The molecular formula is C43H63N9O19S. The normalized spacial score (nSPS) is 14.1. The number of carboxylic acid groups (broad SMARTS) is 6. The van der Waals surface area contributed by atoms with Crippen LogP contribution in [0.2, 0.25) is 0 Å². The van der Waals surface area contributed by atoms with Gasteiger partial charge in [0.15, 0.2) is 0 Å². The Morgan fingerprint density at radius 3 is 1.60 bits per heavy atom. The van der Waals surface area contributed by atoms with Gasteiger partial charge in [0.05, 0.1) is 6.42 Å². The molecule has 0 aromatic heterocycles. The van der Waals surface area contributed by atoms with E-state index in [4.69, 9.17) is 10.8 Å². The summed E-state index contributed by atoms with van der Waals surface area (Å²) < 4.78 is 0. The van der Waals surface area contributed by atoms with Gasteiger partial charge in [0, 0.05) is 43.5 Å². The first-order valence-corrected chi connectivity index (χ1v) is 22.6. The number of carbonyl (C=O) groups is 13. The summed E-state index contributed by atoms with van der Waals surface area (Å²) in [6.07, 6.45) is -2.73. The third-order valence-electron chi connectivity index (χ3n) is 10.4. The first-order chi connectivity index (χ1) is 33.4. The van der Waals surface area contributed by atoms with Crippen LogP contribution in [0, 0.1) is 5.41 Å². The lowest BCUT2D eigenvalue weighted by molar-refractivity contribution is -0.147. The largest absolute Gasteiger partial charge is 0.481 e. The molecule has 1 rings (SSSR count). The molecule has 0 saturated heterocycles. The van der Waals surface area contributed by atoms with Crippen molar-refractivity contribution in [2.45, 2.75) is 133 Å². The monoisotopic (exact) mass is 1040 g/mol. The van der Waals surface area contributed by atoms with Crippen LogP contribution in [-0.2, 0) is 64.0 Å². The number of thiol groups is 1. The van der Waals surface area contributed by atoms with Crippen molar-refractivity contribution in [3.05, 3.63) is 35.9 Å². The molecule has 28 nitrogen and oxygen atoms in total. The molecular weight excluding hydrogens is 979 g/mol. The lowest BCUT2D eigenvalue weighted by atomic mass is 9.80. The lowest BCUT2D eigenvalue weighted by Crippen LogP contribution is -2.59. The fourth-order valence-corrected chi connectivity index (χ4v) is 6.65. The van der Waals surface area contributed by atoms with E-state index in [9.17, 15) is 87.9 Å². The van der Waals surface area contributed by atoms with Crippen LogP contribution in [0.15, 0.2) is 30.3 Å². The summed E-state index contributed by atoms with van der Waals surface area (Å²) in [4.78, 5) is 160. The Hall–Kier alpha value is -7.56. The van der Waals surface area contributed by atoms with Gasteiger partial charge >= 0.3 is 41.8 Å². The maximum atomic E-state index is 13.7. The molecule has 0 aliphatic carbocycles. The molecule has 72 heavy (non-hydrogen) atoms. The predicted molar refractivity (Wildman–Crippen MR) is 251 cm³/mol. The van der Waals surface area contributed by atoms with E-state index >= 15 is 0 Å². The number of carboxylic acids is 6. The summed E-state index contributed by atoms with van der Waals surface area (Å²) in [6.45, 7) is 5.95. The Balaban J connectivity index is 2.99. The highest BCUT2D eigenvalue weighted by Gasteiger charge is 2.35. The highest BCUT2D eigenvalue weighted by Crippen LogP contribution is 2.30. The Labute approximate surface area is 417 Å². The van der Waals surface area contributed by atoms with Gasteiger partial charge in [-0.3, -0.25) is 38.4 Å². The molecule has 0 aliphatic heterocycles. The molecule has 0 aliphatic rings. The van der Waals surface area contributed by atoms with Crippen LogP contribution in [0.4, 0.5) is 4.79 Å². The van der Waals surface area contributed by atoms with Crippen LogP contribution in [0.1, 0.15) is 84.6 Å². The van der Waals surface area contributed by atoms with Gasteiger partial charge in [0.1, 0.15) is 36.3 Å². The van der Waals surface area contributed by atoms with Crippen molar-refractivity contribution in [1.82, 2.24) is 42.5 Å². The van der Waals surface area contributed by atoms with Crippen molar-refractivity contribution in [1.29, 1.82) is 0 Å². The fraction of sp³-hybridized carbons (Fsp3) is 0.558. The van der Waals surface area contributed by atoms with Gasteiger partial charge in [-0.05, 0) is 50.5 Å². The number of hydrogen-bond acceptors (Lipinski definition) is 15. The van der Waals surface area contributed by atoms with Crippen molar-refractivity contribution < 1.29 is 93.0 Å². The molecule has 0 unspecified atom stereocenters. The van der Waals surface area contributed by atoms with E-state index in [0.29, 0.717) is 5.56 Å². The van der Waals surface area contributed by atoms with E-state index in [0.717, 1.165) is 0 Å². The van der Waals surface area contributed by atoms with Crippen molar-refractivity contribution in [3.8, 4) is 0 Å². The van der Waals surface area contributed by atoms with Gasteiger partial charge in [0.25, 0.3) is 5.91 Å². The van der Waals surface area contributed by atoms with E-state index in [1.807, 2.05) is 16.0 Å². The SMILES string of the molecule is CC(C)(CCC(C)(C)NC(=O)CC[C@H](NC(=O)N[C@@H](CCC(=O)O)C(=O)O)C(=O)O)CC(=O)N[C@@H](Cc1ccccc1)C(=O)N[C@H](C(=O)O)C(=O)NC[C@H](N)C(=O)N[C@@H](CC(=O)O)C(=O)N[C@@H](CS)C(=O)O. The number of urea groups is 1. The Kier molecular flexibility index (Phi) is 25.7. The third kappa shape index (κ3) is 24.3. The molecule has 0 fully saturated rings. The highest BCUT2D eigenvalue weighted by atomic mass is 32.1. The van der Waals surface area contributed by atoms with Crippen molar-refractivity contribution in [2.24, 2.45) is 11.1 Å². The summed E-state index contributed by atoms with van der Waals surface area (Å²) in [6, 6.07) is -5.14. The maximum absolute atomic E-state index is 13.7. The minimum absolute atomic E-state index is 0.179. The van der Waals surface area contributed by atoms with Crippen LogP contribution in [-0.4, -0.2) is 168 Å². The highest BCUT2D eigenvalue weighted by molar-refractivity contribution is 7.80. The number of hydrogen-bond donors (Lipinski definition) is 16. The average Bonchev–Trinajstić information content (AvgIpc) is 3.27. The van der Waals surface area contributed by atoms with Crippen LogP contribution >= 0.6 is 12.6 Å². The molecule has 400 valence electrons. The van der Waals surface area contributed by atoms with Gasteiger partial charge in [0.2, 0.25) is 35.6 Å². The number of nitrogens with two attached hydrogens (primary N) is 1. The average molecular weight is 1040 g/mol. The summed E-state index contributed by atoms with van der Waals surface area (Å²) in [5.74, 6) is -15.9. The minimum atomic E-state index is -2.31. The Bertz CT molecular complexity index is 2160. The second kappa shape index (κ2) is 29.6. The number of carbonyl (C=O) groups excluding carboxylic acids is 7. The van der Waals surface area contributed by atoms with Gasteiger partial charge in [-0.15, -0.1) is 0 Å². The molecule has 8 amide bonds. The standard InChI is InChI=1S/C43H63N9O19S/c1-42(2,14-15-43(3,4)52-28(53)12-10-23(37(63)64)49-41(71)50-24(38(65)66)11-13-30(55)56)18-29(54)46-25(16-21-8-6-5-7-9-21)35(61)51-32(40(69)70)36(62)45-19-22(44)33(59)47-26(17-31(57)58)34(60)48-27(20-72)39(67)68/h5-9,22-27,32,72H,10-20,44H2,1-4H3,(H,45,62)(H,46,54)(H,47,59)(H,48,60)(H,51,61)(H,52,53)(H,55,56)(H,57,58)(H,63,64)(H,65,66)(H,67,68)(H,69,70)(H2,49,50,71)/t22-,23-,24-,25-,26-,27-,32-/m0/s1.